The SMILES string of the molecule is O.O.O.O.O.O.O=[N+]([O-])O.[Mg]. The van der Waals surface area contributed by atoms with Crippen molar-refractivity contribution in [3.05, 3.63) is 10.1 Å². The van der Waals surface area contributed by atoms with E-state index in [0.29, 0.717) is 0 Å². The van der Waals surface area contributed by atoms with Crippen molar-refractivity contribution in [3.63, 3.8) is 0 Å². The maximum absolute atomic E-state index is 8.36. The van der Waals surface area contributed by atoms with Crippen LogP contribution in [0.1, 0.15) is 0 Å². The Kier molecular flexibility index (Phi) is 1240. The van der Waals surface area contributed by atoms with Crippen LogP contribution < -0.4 is 0 Å². The Morgan fingerprint density at radius 1 is 0.909 bits per heavy atom. The third-order valence-corrected chi connectivity index (χ3v) is 0. The van der Waals surface area contributed by atoms with Gasteiger partial charge in [-0.2, -0.15) is 0 Å². The summed E-state index contributed by atoms with van der Waals surface area (Å²) in [7, 11) is 0. The third kappa shape index (κ3) is 7750. The first-order valence-corrected chi connectivity index (χ1v) is 0.565. The molecule has 11 heteroatoms. The molecule has 0 spiro atoms. The van der Waals surface area contributed by atoms with E-state index in [1.54, 1.807) is 0 Å². The molecule has 0 fully saturated rings. The van der Waals surface area contributed by atoms with Gasteiger partial charge < -0.3 is 38.1 Å². The minimum absolute atomic E-state index is 0. The predicted octanol–water partition coefficient (Wildman–Crippen LogP) is -5.68. The lowest BCUT2D eigenvalue weighted by molar-refractivity contribution is -0.742. The highest BCUT2D eigenvalue weighted by molar-refractivity contribution is 5.75. The van der Waals surface area contributed by atoms with Crippen LogP contribution in [0.4, 0.5) is 0 Å². The molecule has 0 saturated carbocycles. The molecule has 0 saturated heterocycles. The van der Waals surface area contributed by atoms with E-state index in [9.17, 15) is 0 Å². The van der Waals surface area contributed by atoms with Gasteiger partial charge in [-0.05, 0) is 0 Å². The maximum Gasteiger partial charge on any atom is 0.291 e. The van der Waals surface area contributed by atoms with E-state index in [2.05, 4.69) is 0 Å². The van der Waals surface area contributed by atoms with Crippen molar-refractivity contribution in [2.45, 2.75) is 0 Å². The van der Waals surface area contributed by atoms with Gasteiger partial charge in [0.05, 0.1) is 0 Å². The maximum atomic E-state index is 8.36. The molecule has 0 unspecified atom stereocenters. The van der Waals surface area contributed by atoms with Crippen molar-refractivity contribution in [3.8, 4) is 0 Å². The van der Waals surface area contributed by atoms with Gasteiger partial charge in [0.25, 0.3) is 5.09 Å². The zero-order valence-electron chi connectivity index (χ0n) is 5.42. The second kappa shape index (κ2) is 99.6. The predicted molar refractivity (Wildman–Crippen MR) is 36.2 cm³/mol. The molecule has 0 aromatic heterocycles. The first-order chi connectivity index (χ1) is 1.73. The molecule has 0 aliphatic heterocycles. The largest absolute Gasteiger partial charge is 0.412 e. The topological polar surface area (TPSA) is 252 Å². The van der Waals surface area contributed by atoms with E-state index in [1.165, 1.54) is 0 Å². The molecule has 11 heavy (non-hydrogen) atoms. The number of nitrogens with zero attached hydrogens (tertiary/aromatic N) is 1. The zero-order chi connectivity index (χ0) is 3.58. The minimum atomic E-state index is -1.50. The Labute approximate surface area is 76.9 Å². The molecular weight excluding hydrogens is 182 g/mol. The minimum Gasteiger partial charge on any atom is -0.412 e. The Balaban J connectivity index is -0.00000000214. The van der Waals surface area contributed by atoms with Crippen LogP contribution in [0.5, 0.6) is 0 Å². The average molecular weight is 195 g/mol. The fraction of sp³-hybridized carbons (Fsp3) is 0. The van der Waals surface area contributed by atoms with E-state index >= 15 is 0 Å². The van der Waals surface area contributed by atoms with Crippen molar-refractivity contribution in [2.24, 2.45) is 0 Å². The fourth-order valence-corrected chi connectivity index (χ4v) is 0. The van der Waals surface area contributed by atoms with Crippen molar-refractivity contribution >= 4 is 23.1 Å². The van der Waals surface area contributed by atoms with Crippen LogP contribution in [0.15, 0.2) is 0 Å². The highest BCUT2D eigenvalue weighted by Gasteiger charge is 1.65. The molecule has 0 rings (SSSR count). The normalized spacial score (nSPS) is 2.18. The van der Waals surface area contributed by atoms with E-state index in [-0.39, 0.29) is 55.9 Å². The number of hydrogen-bond donors (Lipinski definition) is 1. The summed E-state index contributed by atoms with van der Waals surface area (Å²) in [6.45, 7) is 0. The Morgan fingerprint density at radius 2 is 0.909 bits per heavy atom. The molecule has 2 radical (unpaired) electrons. The van der Waals surface area contributed by atoms with Gasteiger partial charge in [0.2, 0.25) is 0 Å². The van der Waals surface area contributed by atoms with E-state index in [4.69, 9.17) is 15.3 Å². The molecule has 0 aromatic carbocycles. The summed E-state index contributed by atoms with van der Waals surface area (Å²) in [5, 5.41) is 13.6. The first kappa shape index (κ1) is 137. The second-order valence-electron chi connectivity index (χ2n) is 0.238. The first-order valence-electron chi connectivity index (χ1n) is 0.565. The number of rotatable bonds is 0. The van der Waals surface area contributed by atoms with Crippen molar-refractivity contribution < 1.29 is 43.2 Å². The Bertz CT molecular complexity index is 32.5. The second-order valence-corrected chi connectivity index (χ2v) is 0.238. The van der Waals surface area contributed by atoms with E-state index in [0.717, 1.165) is 0 Å². The van der Waals surface area contributed by atoms with Gasteiger partial charge in [0.1, 0.15) is 0 Å². The van der Waals surface area contributed by atoms with Crippen LogP contribution in [0.3, 0.4) is 0 Å². The van der Waals surface area contributed by atoms with Crippen LogP contribution in [-0.2, 0) is 0 Å². The quantitative estimate of drug-likeness (QED) is 0.225. The van der Waals surface area contributed by atoms with Gasteiger partial charge in [0.15, 0.2) is 0 Å². The Hall–Kier alpha value is -0.274. The van der Waals surface area contributed by atoms with Gasteiger partial charge in [-0.15, -0.1) is 10.1 Å². The number of hydrogen-bond acceptors (Lipinski definition) is 2. The average Bonchev–Trinajstić information content (AvgIpc) is 0.811. The van der Waals surface area contributed by atoms with Crippen molar-refractivity contribution in [2.75, 3.05) is 0 Å². The van der Waals surface area contributed by atoms with Crippen LogP contribution in [0.2, 0.25) is 0 Å². The summed E-state index contributed by atoms with van der Waals surface area (Å²) >= 11 is 0. The Morgan fingerprint density at radius 3 is 0.909 bits per heavy atom. The lowest BCUT2D eigenvalue weighted by atomic mass is 13.1. The van der Waals surface area contributed by atoms with E-state index < -0.39 is 5.09 Å². The smallest absolute Gasteiger partial charge is 0.291 e. The molecule has 74 valence electrons. The molecule has 0 aliphatic rings. The summed E-state index contributed by atoms with van der Waals surface area (Å²) in [6.07, 6.45) is 0. The van der Waals surface area contributed by atoms with Crippen molar-refractivity contribution in [1.82, 2.24) is 0 Å². The molecule has 0 atom stereocenters. The molecule has 0 aliphatic carbocycles. The summed E-state index contributed by atoms with van der Waals surface area (Å²) < 4.78 is 0. The van der Waals surface area contributed by atoms with Gasteiger partial charge in [-0.25, -0.2) is 0 Å². The van der Waals surface area contributed by atoms with Gasteiger partial charge >= 0.3 is 0 Å². The zero-order valence-corrected chi connectivity index (χ0v) is 6.83. The van der Waals surface area contributed by atoms with Crippen LogP contribution in [0.25, 0.3) is 0 Å². The van der Waals surface area contributed by atoms with Crippen LogP contribution >= 0.6 is 0 Å². The third-order valence-electron chi connectivity index (χ3n) is 0. The summed E-state index contributed by atoms with van der Waals surface area (Å²) in [5.41, 5.74) is 0. The van der Waals surface area contributed by atoms with Gasteiger partial charge in [0, 0.05) is 23.1 Å². The van der Waals surface area contributed by atoms with Gasteiger partial charge in [-0.1, -0.05) is 0 Å². The highest BCUT2D eigenvalue weighted by Crippen LogP contribution is 1.38. The summed E-state index contributed by atoms with van der Waals surface area (Å²) in [5.74, 6) is 0. The molecule has 0 amide bonds. The molecule has 0 heterocycles. The fourth-order valence-electron chi connectivity index (χ4n) is 0. The lowest BCUT2D eigenvalue weighted by Gasteiger charge is -1.56. The van der Waals surface area contributed by atoms with Crippen LogP contribution in [-0.4, -0.2) is 66.2 Å². The monoisotopic (exact) mass is 195 g/mol. The van der Waals surface area contributed by atoms with Crippen molar-refractivity contribution in [1.29, 1.82) is 0 Å². The summed E-state index contributed by atoms with van der Waals surface area (Å²) in [4.78, 5) is 8.36. The molecule has 10 nitrogen and oxygen atoms in total. The van der Waals surface area contributed by atoms with Gasteiger partial charge in [-0.3, -0.25) is 0 Å². The standard InChI is InChI=1S/Mg.HNO3.6H2O/c;2-1(3)4;;;;;;/h;(H,2,3,4);6*1H2. The molecule has 0 aromatic rings. The molecule has 0 bridgehead atoms. The lowest BCUT2D eigenvalue weighted by Crippen LogP contribution is -1.81. The summed E-state index contributed by atoms with van der Waals surface area (Å²) in [6, 6.07) is 0. The highest BCUT2D eigenvalue weighted by atomic mass is 24.3. The molecular formula is H13MgNO9. The molecule has 13 N–H and O–H groups in total. The van der Waals surface area contributed by atoms with E-state index in [1.807, 2.05) is 0 Å². The van der Waals surface area contributed by atoms with Crippen LogP contribution in [0, 0.1) is 10.1 Å².